The number of halogens is 2. The molecule has 2 aromatic heterocycles. The van der Waals surface area contributed by atoms with E-state index in [0.29, 0.717) is 55.9 Å². The van der Waals surface area contributed by atoms with Crippen molar-refractivity contribution in [2.75, 3.05) is 17.3 Å². The molecule has 4 heterocycles. The Morgan fingerprint density at radius 2 is 1.85 bits per heavy atom. The average Bonchev–Trinajstić information content (AvgIpc) is 3.58. The average molecular weight is 575 g/mol. The SMILES string of the molecule is COc1nc(C2CC2)ncc1-c1nc2c(n1C(C)C)[C@]1(C(=O)Nc3cc(Cl)ccc31)N(c1cccc(Cl)c1)C2=O. The molecule has 0 unspecified atom stereocenters. The van der Waals surface area contributed by atoms with Crippen molar-refractivity contribution in [2.45, 2.75) is 44.2 Å². The Labute approximate surface area is 240 Å². The fourth-order valence-electron chi connectivity index (χ4n) is 5.86. The summed E-state index contributed by atoms with van der Waals surface area (Å²) in [6.07, 6.45) is 3.79. The Hall–Kier alpha value is -3.95. The van der Waals surface area contributed by atoms with Crippen LogP contribution in [0.3, 0.4) is 0 Å². The first-order valence-corrected chi connectivity index (χ1v) is 13.8. The van der Waals surface area contributed by atoms with E-state index >= 15 is 0 Å². The predicted molar refractivity (Wildman–Crippen MR) is 151 cm³/mol. The van der Waals surface area contributed by atoms with Gasteiger partial charge in [0.05, 0.1) is 18.4 Å². The lowest BCUT2D eigenvalue weighted by Crippen LogP contribution is -2.51. The summed E-state index contributed by atoms with van der Waals surface area (Å²) >= 11 is 12.7. The minimum Gasteiger partial charge on any atom is -0.480 e. The normalized spacial score (nSPS) is 19.4. The molecule has 0 radical (unpaired) electrons. The van der Waals surface area contributed by atoms with E-state index in [1.54, 1.807) is 55.8 Å². The van der Waals surface area contributed by atoms with Crippen LogP contribution in [0.2, 0.25) is 10.0 Å². The lowest BCUT2D eigenvalue weighted by Gasteiger charge is -2.35. The van der Waals surface area contributed by atoms with E-state index in [2.05, 4.69) is 15.3 Å². The molecule has 2 amide bonds. The zero-order valence-corrected chi connectivity index (χ0v) is 23.4. The third-order valence-corrected chi connectivity index (χ3v) is 8.15. The number of ether oxygens (including phenoxy) is 1. The van der Waals surface area contributed by atoms with Crippen molar-refractivity contribution >= 4 is 46.4 Å². The Kier molecular flexibility index (Phi) is 5.49. The topological polar surface area (TPSA) is 102 Å². The number of benzene rings is 2. The summed E-state index contributed by atoms with van der Waals surface area (Å²) in [7, 11) is 1.55. The number of imidazole rings is 1. The number of rotatable bonds is 5. The van der Waals surface area contributed by atoms with Crippen molar-refractivity contribution in [1.29, 1.82) is 0 Å². The molecule has 1 spiro atoms. The van der Waals surface area contributed by atoms with E-state index in [0.717, 1.165) is 18.7 Å². The van der Waals surface area contributed by atoms with Gasteiger partial charge in [0.15, 0.2) is 11.2 Å². The summed E-state index contributed by atoms with van der Waals surface area (Å²) in [6.45, 7) is 3.96. The second kappa shape index (κ2) is 8.78. The van der Waals surface area contributed by atoms with Crippen LogP contribution < -0.4 is 15.0 Å². The third-order valence-electron chi connectivity index (χ3n) is 7.68. The molecule has 3 aliphatic rings. The van der Waals surface area contributed by atoms with Gasteiger partial charge in [0.25, 0.3) is 11.8 Å². The Morgan fingerprint density at radius 3 is 2.55 bits per heavy atom. The summed E-state index contributed by atoms with van der Waals surface area (Å²) < 4.78 is 7.60. The van der Waals surface area contributed by atoms with Gasteiger partial charge in [-0.2, -0.15) is 4.98 Å². The van der Waals surface area contributed by atoms with Crippen molar-refractivity contribution in [1.82, 2.24) is 19.5 Å². The number of hydrogen-bond acceptors (Lipinski definition) is 6. The van der Waals surface area contributed by atoms with Crippen LogP contribution in [0.4, 0.5) is 11.4 Å². The van der Waals surface area contributed by atoms with Crippen molar-refractivity contribution < 1.29 is 14.3 Å². The lowest BCUT2D eigenvalue weighted by atomic mass is 9.87. The number of methoxy groups -OCH3 is 1. The van der Waals surface area contributed by atoms with E-state index in [-0.39, 0.29) is 11.7 Å². The summed E-state index contributed by atoms with van der Waals surface area (Å²) in [6, 6.07) is 11.9. The maximum atomic E-state index is 14.4. The van der Waals surface area contributed by atoms with Crippen molar-refractivity contribution in [2.24, 2.45) is 0 Å². The van der Waals surface area contributed by atoms with Gasteiger partial charge in [-0.1, -0.05) is 35.3 Å². The molecular formula is C29H24Cl2N6O3. The van der Waals surface area contributed by atoms with Gasteiger partial charge in [0, 0.05) is 45.1 Å². The molecule has 7 rings (SSSR count). The van der Waals surface area contributed by atoms with Gasteiger partial charge in [-0.25, -0.2) is 9.97 Å². The molecule has 40 heavy (non-hydrogen) atoms. The second-order valence-corrected chi connectivity index (χ2v) is 11.4. The van der Waals surface area contributed by atoms with Gasteiger partial charge in [-0.3, -0.25) is 14.5 Å². The summed E-state index contributed by atoms with van der Waals surface area (Å²) in [4.78, 5) is 44.2. The molecule has 202 valence electrons. The van der Waals surface area contributed by atoms with Crippen molar-refractivity contribution in [3.8, 4) is 17.3 Å². The van der Waals surface area contributed by atoms with Crippen LogP contribution in [-0.4, -0.2) is 38.4 Å². The zero-order chi connectivity index (χ0) is 27.9. The fourth-order valence-corrected chi connectivity index (χ4v) is 6.22. The van der Waals surface area contributed by atoms with E-state index in [1.807, 2.05) is 18.4 Å². The fraction of sp³-hybridized carbons (Fsp3) is 0.276. The minimum atomic E-state index is -1.56. The molecule has 9 nitrogen and oxygen atoms in total. The highest BCUT2D eigenvalue weighted by Crippen LogP contribution is 2.54. The molecule has 2 aliphatic heterocycles. The maximum absolute atomic E-state index is 14.4. The number of anilines is 2. The molecule has 4 aromatic rings. The summed E-state index contributed by atoms with van der Waals surface area (Å²) in [5.41, 5.74) is 1.19. The number of hydrogen-bond donors (Lipinski definition) is 1. The van der Waals surface area contributed by atoms with Crippen LogP contribution in [0.15, 0.2) is 48.7 Å². The number of fused-ring (bicyclic) bond motifs is 4. The number of carbonyl (C=O) groups excluding carboxylic acids is 2. The first kappa shape index (κ1) is 25.0. The Morgan fingerprint density at radius 1 is 1.07 bits per heavy atom. The number of amides is 2. The molecule has 1 saturated carbocycles. The number of nitrogens with zero attached hydrogens (tertiary/aromatic N) is 5. The molecule has 1 atom stereocenters. The molecular weight excluding hydrogens is 551 g/mol. The highest BCUT2D eigenvalue weighted by Gasteiger charge is 2.64. The van der Waals surface area contributed by atoms with Crippen LogP contribution in [-0.2, 0) is 10.3 Å². The van der Waals surface area contributed by atoms with E-state index in [4.69, 9.17) is 32.9 Å². The Balaban J connectivity index is 1.54. The monoisotopic (exact) mass is 574 g/mol. The van der Waals surface area contributed by atoms with Crippen molar-refractivity contribution in [3.63, 3.8) is 0 Å². The minimum absolute atomic E-state index is 0.162. The van der Waals surface area contributed by atoms with Gasteiger partial charge >= 0.3 is 0 Å². The third kappa shape index (κ3) is 3.37. The highest BCUT2D eigenvalue weighted by atomic mass is 35.5. The molecule has 1 aliphatic carbocycles. The smallest absolute Gasteiger partial charge is 0.280 e. The summed E-state index contributed by atoms with van der Waals surface area (Å²) in [5, 5.41) is 3.87. The first-order chi connectivity index (χ1) is 19.2. The maximum Gasteiger partial charge on any atom is 0.280 e. The van der Waals surface area contributed by atoms with Gasteiger partial charge in [0.2, 0.25) is 5.88 Å². The van der Waals surface area contributed by atoms with Crippen LogP contribution in [0.25, 0.3) is 11.4 Å². The molecule has 0 bridgehead atoms. The standard InChI is InChI=1S/C29H24Cl2N6O3/c1-14(2)36-23-22(34-25(36)19-13-32-24(15-7-8-15)35-26(19)40-3)27(38)37(18-6-4-5-16(30)11-18)29(23)20-10-9-17(31)12-21(20)33-28(29)39/h4-6,9-15H,7-8H2,1-3H3,(H,33,39)/t29-/m1/s1. The van der Waals surface area contributed by atoms with Crippen LogP contribution in [0.1, 0.15) is 66.2 Å². The molecule has 1 fully saturated rings. The van der Waals surface area contributed by atoms with Crippen LogP contribution in [0, 0.1) is 0 Å². The number of nitrogens with one attached hydrogen (secondary N) is 1. The van der Waals surface area contributed by atoms with Gasteiger partial charge in [-0.15, -0.1) is 0 Å². The second-order valence-electron chi connectivity index (χ2n) is 10.5. The van der Waals surface area contributed by atoms with Gasteiger partial charge < -0.3 is 14.6 Å². The van der Waals surface area contributed by atoms with Crippen LogP contribution >= 0.6 is 23.2 Å². The first-order valence-electron chi connectivity index (χ1n) is 13.0. The molecule has 11 heteroatoms. The highest BCUT2D eigenvalue weighted by molar-refractivity contribution is 6.32. The largest absolute Gasteiger partial charge is 0.480 e. The zero-order valence-electron chi connectivity index (χ0n) is 21.9. The van der Waals surface area contributed by atoms with E-state index in [1.165, 1.54) is 4.90 Å². The molecule has 1 N–H and O–H groups in total. The van der Waals surface area contributed by atoms with Crippen molar-refractivity contribution in [3.05, 3.63) is 81.5 Å². The molecule has 2 aromatic carbocycles. The number of aromatic nitrogens is 4. The molecule has 0 saturated heterocycles. The Bertz CT molecular complexity index is 1750. The lowest BCUT2D eigenvalue weighted by molar-refractivity contribution is -0.119. The van der Waals surface area contributed by atoms with Gasteiger partial charge in [-0.05, 0) is 57.0 Å². The van der Waals surface area contributed by atoms with Gasteiger partial charge in [0.1, 0.15) is 11.6 Å². The predicted octanol–water partition coefficient (Wildman–Crippen LogP) is 5.97. The van der Waals surface area contributed by atoms with E-state index in [9.17, 15) is 9.59 Å². The van der Waals surface area contributed by atoms with E-state index < -0.39 is 17.4 Å². The number of carbonyl (C=O) groups is 2. The summed E-state index contributed by atoms with van der Waals surface area (Å²) in [5.74, 6) is 1.07. The quantitative estimate of drug-likeness (QED) is 0.315. The van der Waals surface area contributed by atoms with Crippen LogP contribution in [0.5, 0.6) is 5.88 Å².